The number of rotatable bonds is 4. The van der Waals surface area contributed by atoms with Gasteiger partial charge in [-0.2, -0.15) is 0 Å². The molecule has 4 nitrogen and oxygen atoms in total. The number of fused-ring (bicyclic) bond motifs is 2. The summed E-state index contributed by atoms with van der Waals surface area (Å²) in [7, 11) is 0. The molecule has 2 heterocycles. The van der Waals surface area contributed by atoms with Crippen LogP contribution in [0.4, 0.5) is 5.69 Å². The molecule has 1 aliphatic heterocycles. The van der Waals surface area contributed by atoms with Crippen molar-refractivity contribution < 1.29 is 4.52 Å². The molecule has 2 aromatic carbocycles. The quantitative estimate of drug-likeness (QED) is 0.767. The van der Waals surface area contributed by atoms with Crippen molar-refractivity contribution in [1.82, 2.24) is 10.5 Å². The van der Waals surface area contributed by atoms with Gasteiger partial charge < -0.3 is 15.2 Å². The van der Waals surface area contributed by atoms with E-state index in [0.717, 1.165) is 42.6 Å². The zero-order chi connectivity index (χ0) is 15.5. The number of para-hydroxylation sites is 2. The summed E-state index contributed by atoms with van der Waals surface area (Å²) in [5.74, 6) is 0. The van der Waals surface area contributed by atoms with Gasteiger partial charge in [-0.25, -0.2) is 0 Å². The number of hydrogen-bond donors (Lipinski definition) is 2. The summed E-state index contributed by atoms with van der Waals surface area (Å²) in [5.41, 5.74) is 4.53. The van der Waals surface area contributed by atoms with E-state index in [4.69, 9.17) is 4.52 Å². The normalized spacial score (nSPS) is 17.5. The Morgan fingerprint density at radius 2 is 2.00 bits per heavy atom. The van der Waals surface area contributed by atoms with E-state index in [1.54, 1.807) is 0 Å². The highest BCUT2D eigenvalue weighted by Gasteiger charge is 2.17. The smallest absolute Gasteiger partial charge is 0.167 e. The summed E-state index contributed by atoms with van der Waals surface area (Å²) >= 11 is 0. The molecule has 1 aliphatic rings. The minimum atomic E-state index is 0.402. The van der Waals surface area contributed by atoms with Crippen LogP contribution in [0.1, 0.15) is 30.1 Å². The van der Waals surface area contributed by atoms with E-state index in [-0.39, 0.29) is 0 Å². The van der Waals surface area contributed by atoms with Crippen molar-refractivity contribution in [3.8, 4) is 0 Å². The molecule has 0 saturated heterocycles. The summed E-state index contributed by atoms with van der Waals surface area (Å²) in [6.07, 6.45) is 3.21. The van der Waals surface area contributed by atoms with E-state index in [0.29, 0.717) is 6.04 Å². The predicted octanol–water partition coefficient (Wildman–Crippen LogP) is 3.91. The first-order valence-electron chi connectivity index (χ1n) is 8.31. The molecular formula is C19H21N3O. The molecule has 4 heteroatoms. The van der Waals surface area contributed by atoms with Crippen LogP contribution in [0.2, 0.25) is 0 Å². The molecule has 118 valence electrons. The zero-order valence-electron chi connectivity index (χ0n) is 13.1. The summed E-state index contributed by atoms with van der Waals surface area (Å²) in [6.45, 7) is 1.94. The van der Waals surface area contributed by atoms with Crippen molar-refractivity contribution in [2.45, 2.75) is 25.3 Å². The van der Waals surface area contributed by atoms with Crippen LogP contribution >= 0.6 is 0 Å². The van der Waals surface area contributed by atoms with Crippen LogP contribution in [0.3, 0.4) is 0 Å². The molecule has 0 amide bonds. The van der Waals surface area contributed by atoms with Gasteiger partial charge in [-0.05, 0) is 36.6 Å². The van der Waals surface area contributed by atoms with Crippen LogP contribution in [-0.4, -0.2) is 18.2 Å². The summed E-state index contributed by atoms with van der Waals surface area (Å²) in [5, 5.41) is 12.6. The molecule has 1 atom stereocenters. The minimum Gasteiger partial charge on any atom is -0.385 e. The molecular weight excluding hydrogens is 286 g/mol. The van der Waals surface area contributed by atoms with Gasteiger partial charge in [-0.1, -0.05) is 35.5 Å². The fourth-order valence-corrected chi connectivity index (χ4v) is 3.34. The average molecular weight is 307 g/mol. The largest absolute Gasteiger partial charge is 0.385 e. The highest BCUT2D eigenvalue weighted by Crippen LogP contribution is 2.29. The first-order chi connectivity index (χ1) is 11.4. The molecule has 0 fully saturated rings. The number of hydrogen-bond acceptors (Lipinski definition) is 4. The monoisotopic (exact) mass is 307 g/mol. The Morgan fingerprint density at radius 3 is 3.00 bits per heavy atom. The second-order valence-electron chi connectivity index (χ2n) is 6.04. The summed E-state index contributed by atoms with van der Waals surface area (Å²) < 4.78 is 5.38. The topological polar surface area (TPSA) is 50.1 Å². The lowest BCUT2D eigenvalue weighted by molar-refractivity contribution is 0.440. The van der Waals surface area contributed by atoms with E-state index < -0.39 is 0 Å². The van der Waals surface area contributed by atoms with Gasteiger partial charge in [-0.3, -0.25) is 0 Å². The van der Waals surface area contributed by atoms with Crippen LogP contribution < -0.4 is 10.6 Å². The fourth-order valence-electron chi connectivity index (χ4n) is 3.34. The van der Waals surface area contributed by atoms with Crippen LogP contribution in [-0.2, 0) is 6.42 Å². The van der Waals surface area contributed by atoms with Crippen molar-refractivity contribution in [2.75, 3.05) is 18.4 Å². The Bertz CT molecular complexity index is 796. The van der Waals surface area contributed by atoms with Gasteiger partial charge in [0.05, 0.1) is 5.69 Å². The number of nitrogens with one attached hydrogen (secondary N) is 2. The standard InChI is InChI=1S/C19H21N3O/c1-3-8-16-14(6-1)17(9-5-12-20-16)21-13-11-18-15-7-2-4-10-19(15)23-22-18/h1-4,6-8,10,17,20-21H,5,9,11-13H2. The SMILES string of the molecule is c1ccc2c(c1)NCCCC2NCCc1noc2ccccc12. The molecule has 0 spiro atoms. The van der Waals surface area contributed by atoms with Crippen molar-refractivity contribution in [1.29, 1.82) is 0 Å². The fraction of sp³-hybridized carbons (Fsp3) is 0.316. The van der Waals surface area contributed by atoms with E-state index in [1.807, 2.05) is 18.2 Å². The Hall–Kier alpha value is -2.33. The molecule has 0 aliphatic carbocycles. The molecule has 0 radical (unpaired) electrons. The second-order valence-corrected chi connectivity index (χ2v) is 6.04. The van der Waals surface area contributed by atoms with Gasteiger partial charge in [0.15, 0.2) is 5.58 Å². The Morgan fingerprint density at radius 1 is 1.13 bits per heavy atom. The second kappa shape index (κ2) is 6.42. The van der Waals surface area contributed by atoms with Crippen LogP contribution in [0.5, 0.6) is 0 Å². The molecule has 4 rings (SSSR count). The third-order valence-electron chi connectivity index (χ3n) is 4.53. The Labute approximate surface area is 135 Å². The van der Waals surface area contributed by atoms with Crippen LogP contribution in [0.25, 0.3) is 11.0 Å². The lowest BCUT2D eigenvalue weighted by atomic mass is 10.0. The molecule has 23 heavy (non-hydrogen) atoms. The maximum atomic E-state index is 5.38. The number of aromatic nitrogens is 1. The van der Waals surface area contributed by atoms with Gasteiger partial charge in [0.1, 0.15) is 0 Å². The molecule has 1 aromatic heterocycles. The molecule has 2 N–H and O–H groups in total. The molecule has 0 saturated carbocycles. The Balaban J connectivity index is 1.45. The molecule has 3 aromatic rings. The lowest BCUT2D eigenvalue weighted by Crippen LogP contribution is -2.23. The molecule has 0 bridgehead atoms. The Kier molecular flexibility index (Phi) is 3.99. The minimum absolute atomic E-state index is 0.402. The highest BCUT2D eigenvalue weighted by atomic mass is 16.5. The van der Waals surface area contributed by atoms with Gasteiger partial charge in [0, 0.05) is 36.6 Å². The van der Waals surface area contributed by atoms with E-state index in [9.17, 15) is 0 Å². The van der Waals surface area contributed by atoms with Gasteiger partial charge in [0.2, 0.25) is 0 Å². The van der Waals surface area contributed by atoms with Gasteiger partial charge >= 0.3 is 0 Å². The average Bonchev–Trinajstić information content (AvgIpc) is 2.89. The summed E-state index contributed by atoms with van der Waals surface area (Å²) in [4.78, 5) is 0. The zero-order valence-corrected chi connectivity index (χ0v) is 13.1. The van der Waals surface area contributed by atoms with Gasteiger partial charge in [0.25, 0.3) is 0 Å². The third-order valence-corrected chi connectivity index (χ3v) is 4.53. The highest BCUT2D eigenvalue weighted by molar-refractivity contribution is 5.79. The molecule has 1 unspecified atom stereocenters. The number of nitrogens with zero attached hydrogens (tertiary/aromatic N) is 1. The summed E-state index contributed by atoms with van der Waals surface area (Å²) in [6, 6.07) is 17.0. The maximum absolute atomic E-state index is 5.38. The first-order valence-corrected chi connectivity index (χ1v) is 8.31. The number of benzene rings is 2. The third kappa shape index (κ3) is 2.94. The van der Waals surface area contributed by atoms with E-state index >= 15 is 0 Å². The lowest BCUT2D eigenvalue weighted by Gasteiger charge is -2.18. The predicted molar refractivity (Wildman–Crippen MR) is 92.6 cm³/mol. The first kappa shape index (κ1) is 14.3. The van der Waals surface area contributed by atoms with Crippen LogP contribution in [0.15, 0.2) is 53.1 Å². The van der Waals surface area contributed by atoms with Crippen LogP contribution in [0, 0.1) is 0 Å². The maximum Gasteiger partial charge on any atom is 0.167 e. The van der Waals surface area contributed by atoms with Crippen molar-refractivity contribution in [3.63, 3.8) is 0 Å². The van der Waals surface area contributed by atoms with E-state index in [2.05, 4.69) is 46.1 Å². The van der Waals surface area contributed by atoms with E-state index in [1.165, 1.54) is 17.7 Å². The van der Waals surface area contributed by atoms with Crippen molar-refractivity contribution in [2.24, 2.45) is 0 Å². The van der Waals surface area contributed by atoms with Crippen molar-refractivity contribution >= 4 is 16.7 Å². The number of anilines is 1. The van der Waals surface area contributed by atoms with Gasteiger partial charge in [-0.15, -0.1) is 0 Å². The van der Waals surface area contributed by atoms with Crippen molar-refractivity contribution in [3.05, 3.63) is 59.8 Å².